The van der Waals surface area contributed by atoms with Gasteiger partial charge in [-0.1, -0.05) is 61.2 Å². The Bertz CT molecular complexity index is 956. The van der Waals surface area contributed by atoms with E-state index < -0.39 is 5.25 Å². The molecule has 1 amide bonds. The molecule has 0 saturated heterocycles. The van der Waals surface area contributed by atoms with Crippen LogP contribution in [0.5, 0.6) is 0 Å². The van der Waals surface area contributed by atoms with Crippen molar-refractivity contribution in [3.05, 3.63) is 71.5 Å². The minimum atomic E-state index is -0.521. The molecule has 1 atom stereocenters. The normalized spacial score (nSPS) is 11.8. The Morgan fingerprint density at radius 3 is 2.64 bits per heavy atom. The monoisotopic (exact) mass is 394 g/mol. The summed E-state index contributed by atoms with van der Waals surface area (Å²) in [6, 6.07) is 16.4. The molecule has 1 aromatic heterocycles. The van der Waals surface area contributed by atoms with Crippen LogP contribution < -0.4 is 5.32 Å². The van der Waals surface area contributed by atoms with E-state index >= 15 is 0 Å². The third-order valence-corrected chi connectivity index (χ3v) is 5.21. The lowest BCUT2D eigenvalue weighted by Crippen LogP contribution is -2.19. The summed E-state index contributed by atoms with van der Waals surface area (Å²) in [5.74, 6) is 0.569. The molecule has 2 aromatic carbocycles. The van der Waals surface area contributed by atoms with E-state index in [1.54, 1.807) is 24.3 Å². The first-order valence-corrected chi connectivity index (χ1v) is 9.99. The molecule has 0 spiro atoms. The zero-order chi connectivity index (χ0) is 19.9. The van der Waals surface area contributed by atoms with Gasteiger partial charge in [0.15, 0.2) is 5.78 Å². The molecule has 7 heteroatoms. The van der Waals surface area contributed by atoms with Crippen LogP contribution in [0.2, 0.25) is 0 Å². The number of anilines is 1. The van der Waals surface area contributed by atoms with E-state index in [0.29, 0.717) is 16.4 Å². The van der Waals surface area contributed by atoms with E-state index in [2.05, 4.69) is 27.4 Å². The van der Waals surface area contributed by atoms with E-state index in [1.165, 1.54) is 18.7 Å². The maximum Gasteiger partial charge on any atom is 0.242 e. The predicted octanol–water partition coefficient (Wildman–Crippen LogP) is 4.43. The van der Waals surface area contributed by atoms with Gasteiger partial charge in [0.25, 0.3) is 0 Å². The second-order valence-corrected chi connectivity index (χ2v) is 7.42. The fourth-order valence-corrected chi connectivity index (χ4v) is 3.64. The lowest BCUT2D eigenvalue weighted by Gasteiger charge is -2.15. The molecule has 1 heterocycles. The average Bonchev–Trinajstić information content (AvgIpc) is 3.14. The van der Waals surface area contributed by atoms with Crippen LogP contribution in [0.3, 0.4) is 0 Å². The minimum absolute atomic E-state index is 0.0470. The van der Waals surface area contributed by atoms with Gasteiger partial charge in [-0.2, -0.15) is 0 Å². The summed E-state index contributed by atoms with van der Waals surface area (Å²) in [6.45, 7) is 3.57. The Morgan fingerprint density at radius 2 is 1.93 bits per heavy atom. The van der Waals surface area contributed by atoms with Crippen LogP contribution in [0, 0.1) is 0 Å². The number of amides is 1. The molecule has 0 radical (unpaired) electrons. The van der Waals surface area contributed by atoms with Gasteiger partial charge in [-0.3, -0.25) is 14.7 Å². The molecule has 0 saturated carbocycles. The van der Waals surface area contributed by atoms with E-state index in [4.69, 9.17) is 0 Å². The van der Waals surface area contributed by atoms with Crippen LogP contribution >= 0.6 is 11.8 Å². The number of Topliss-reactive ketones (excluding diaryl/α,β-unsaturated/α-hetero) is 1. The van der Waals surface area contributed by atoms with Crippen LogP contribution in [0.15, 0.2) is 59.8 Å². The highest BCUT2D eigenvalue weighted by Crippen LogP contribution is 2.34. The van der Waals surface area contributed by atoms with Gasteiger partial charge in [0.2, 0.25) is 11.1 Å². The van der Waals surface area contributed by atoms with Crippen molar-refractivity contribution in [3.63, 3.8) is 0 Å². The standard InChI is InChI=1S/C21H22N4O2S/c1-3-8-18-23-21(25-24-18)28-19(15-9-5-4-6-10-15)20(27)22-17-12-7-11-16(13-17)14(2)26/h4-7,9-13,19H,3,8H2,1-2H3,(H,22,27)(H,23,24,25). The predicted molar refractivity (Wildman–Crippen MR) is 110 cm³/mol. The topological polar surface area (TPSA) is 87.7 Å². The van der Waals surface area contributed by atoms with Gasteiger partial charge in [-0.15, -0.1) is 5.10 Å². The molecule has 0 aliphatic carbocycles. The highest BCUT2D eigenvalue weighted by Gasteiger charge is 2.24. The summed E-state index contributed by atoms with van der Waals surface area (Å²) in [4.78, 5) is 29.1. The second kappa shape index (κ2) is 9.32. The molecular weight excluding hydrogens is 372 g/mol. The van der Waals surface area contributed by atoms with E-state index in [9.17, 15) is 9.59 Å². The molecule has 6 nitrogen and oxygen atoms in total. The number of rotatable bonds is 8. The molecule has 0 bridgehead atoms. The Hall–Kier alpha value is -2.93. The SMILES string of the molecule is CCCc1nc(SC(C(=O)Nc2cccc(C(C)=O)c2)c2ccccc2)n[nH]1. The number of thioether (sulfide) groups is 1. The van der Waals surface area contributed by atoms with Crippen LogP contribution in [0.25, 0.3) is 0 Å². The lowest BCUT2D eigenvalue weighted by molar-refractivity contribution is -0.115. The van der Waals surface area contributed by atoms with E-state index in [-0.39, 0.29) is 11.7 Å². The van der Waals surface area contributed by atoms with Gasteiger partial charge >= 0.3 is 0 Å². The summed E-state index contributed by atoms with van der Waals surface area (Å²) in [5, 5.41) is 10.1. The minimum Gasteiger partial charge on any atom is -0.325 e. The molecule has 1 unspecified atom stereocenters. The second-order valence-electron chi connectivity index (χ2n) is 6.35. The van der Waals surface area contributed by atoms with Crippen molar-refractivity contribution < 1.29 is 9.59 Å². The number of ketones is 1. The van der Waals surface area contributed by atoms with Crippen molar-refractivity contribution in [1.29, 1.82) is 0 Å². The number of aryl methyl sites for hydroxylation is 1. The highest BCUT2D eigenvalue weighted by molar-refractivity contribution is 8.00. The molecule has 3 rings (SSSR count). The average molecular weight is 395 g/mol. The summed E-state index contributed by atoms with van der Waals surface area (Å²) in [7, 11) is 0. The molecule has 0 aliphatic rings. The Kier molecular flexibility index (Phi) is 6.60. The zero-order valence-electron chi connectivity index (χ0n) is 15.8. The number of carbonyl (C=O) groups excluding carboxylic acids is 2. The van der Waals surface area contributed by atoms with Crippen LogP contribution in [0.1, 0.15) is 47.3 Å². The van der Waals surface area contributed by atoms with E-state index in [0.717, 1.165) is 24.2 Å². The summed E-state index contributed by atoms with van der Waals surface area (Å²) in [5.41, 5.74) is 2.00. The molecular formula is C21H22N4O2S. The fraction of sp³-hybridized carbons (Fsp3) is 0.238. The maximum atomic E-state index is 13.0. The quantitative estimate of drug-likeness (QED) is 0.436. The van der Waals surface area contributed by atoms with Gasteiger partial charge < -0.3 is 5.32 Å². The molecule has 144 valence electrons. The first-order valence-electron chi connectivity index (χ1n) is 9.11. The maximum absolute atomic E-state index is 13.0. The number of nitrogens with zero attached hydrogens (tertiary/aromatic N) is 2. The van der Waals surface area contributed by atoms with Crippen molar-refractivity contribution in [3.8, 4) is 0 Å². The Labute approximate surface area is 168 Å². The Morgan fingerprint density at radius 1 is 1.14 bits per heavy atom. The summed E-state index contributed by atoms with van der Waals surface area (Å²) in [6.07, 6.45) is 1.78. The number of carbonyl (C=O) groups is 2. The molecule has 28 heavy (non-hydrogen) atoms. The van der Waals surface area contributed by atoms with Crippen molar-refractivity contribution in [2.45, 2.75) is 37.1 Å². The first kappa shape index (κ1) is 19.8. The van der Waals surface area contributed by atoms with Gasteiger partial charge in [0.05, 0.1) is 0 Å². The highest BCUT2D eigenvalue weighted by atomic mass is 32.2. The van der Waals surface area contributed by atoms with Crippen LogP contribution in [-0.2, 0) is 11.2 Å². The summed E-state index contributed by atoms with van der Waals surface area (Å²) < 4.78 is 0. The fourth-order valence-electron chi connectivity index (χ4n) is 2.71. The molecule has 0 aliphatic heterocycles. The first-order chi connectivity index (χ1) is 13.6. The van der Waals surface area contributed by atoms with Crippen molar-refractivity contribution >= 4 is 29.1 Å². The van der Waals surface area contributed by atoms with Gasteiger partial charge in [-0.25, -0.2) is 4.98 Å². The van der Waals surface area contributed by atoms with Crippen LogP contribution in [0.4, 0.5) is 5.69 Å². The molecule has 3 aromatic rings. The number of hydrogen-bond acceptors (Lipinski definition) is 5. The van der Waals surface area contributed by atoms with Crippen molar-refractivity contribution in [2.24, 2.45) is 0 Å². The van der Waals surface area contributed by atoms with Gasteiger partial charge in [-0.05, 0) is 31.0 Å². The number of aromatic amines is 1. The third kappa shape index (κ3) is 5.07. The number of benzene rings is 2. The number of aromatic nitrogens is 3. The van der Waals surface area contributed by atoms with Crippen molar-refractivity contribution in [1.82, 2.24) is 15.2 Å². The largest absolute Gasteiger partial charge is 0.325 e. The summed E-state index contributed by atoms with van der Waals surface area (Å²) >= 11 is 1.29. The van der Waals surface area contributed by atoms with Gasteiger partial charge in [0.1, 0.15) is 11.1 Å². The zero-order valence-corrected chi connectivity index (χ0v) is 16.6. The van der Waals surface area contributed by atoms with E-state index in [1.807, 2.05) is 30.3 Å². The Balaban J connectivity index is 1.82. The van der Waals surface area contributed by atoms with Gasteiger partial charge in [0, 0.05) is 17.7 Å². The number of H-pyrrole nitrogens is 1. The third-order valence-electron chi connectivity index (χ3n) is 4.10. The lowest BCUT2D eigenvalue weighted by atomic mass is 10.1. The molecule has 2 N–H and O–H groups in total. The molecule has 0 fully saturated rings. The van der Waals surface area contributed by atoms with Crippen molar-refractivity contribution in [2.75, 3.05) is 5.32 Å². The van der Waals surface area contributed by atoms with Crippen LogP contribution in [-0.4, -0.2) is 26.9 Å². The number of hydrogen-bond donors (Lipinski definition) is 2. The number of nitrogens with one attached hydrogen (secondary N) is 2. The smallest absolute Gasteiger partial charge is 0.242 e.